The van der Waals surface area contributed by atoms with Gasteiger partial charge >= 0.3 is 20.4 Å². The molecule has 0 saturated carbocycles. The number of benzene rings is 1. The Hall–Kier alpha value is 0.742. The summed E-state index contributed by atoms with van der Waals surface area (Å²) in [5, 5.41) is 0. The van der Waals surface area contributed by atoms with E-state index in [1.54, 1.807) is 0 Å². The summed E-state index contributed by atoms with van der Waals surface area (Å²) in [5.41, 5.74) is 1.29. The van der Waals surface area contributed by atoms with E-state index >= 15 is 0 Å². The van der Waals surface area contributed by atoms with E-state index in [0.29, 0.717) is 0 Å². The van der Waals surface area contributed by atoms with Gasteiger partial charge in [-0.2, -0.15) is 35.9 Å². The van der Waals surface area contributed by atoms with Crippen LogP contribution in [0, 0.1) is 20.4 Å². The Bertz CT molecular complexity index is 227. The van der Waals surface area contributed by atoms with Crippen molar-refractivity contribution in [2.75, 3.05) is 39.0 Å². The molecule has 0 N–H and O–H groups in total. The first-order valence-electron chi connectivity index (χ1n) is 5.53. The van der Waals surface area contributed by atoms with E-state index < -0.39 is 0 Å². The van der Waals surface area contributed by atoms with Gasteiger partial charge in [-0.25, -0.2) is 0 Å². The van der Waals surface area contributed by atoms with E-state index in [-0.39, 0.29) is 43.7 Å². The zero-order valence-electron chi connectivity index (χ0n) is 12.0. The molecule has 1 aromatic rings. The molecular formula is C14H28P2Pd+2. The van der Waals surface area contributed by atoms with E-state index in [2.05, 4.69) is 39.6 Å². The molecule has 3 heteroatoms. The van der Waals surface area contributed by atoms with Crippen LogP contribution in [-0.2, 0) is 20.4 Å². The Kier molecular flexibility index (Phi) is 19.9. The Labute approximate surface area is 125 Å². The van der Waals surface area contributed by atoms with Gasteiger partial charge in [-0.05, 0) is 15.8 Å². The molecule has 0 heterocycles. The Morgan fingerprint density at radius 2 is 1.29 bits per heavy atom. The van der Waals surface area contributed by atoms with Crippen LogP contribution < -0.4 is 0 Å². The summed E-state index contributed by atoms with van der Waals surface area (Å²) in [5.74, 6) is 0. The number of hydrogen-bond donors (Lipinski definition) is 0. The van der Waals surface area contributed by atoms with Crippen LogP contribution in [-0.4, -0.2) is 39.0 Å². The van der Waals surface area contributed by atoms with Crippen molar-refractivity contribution in [2.45, 2.75) is 6.92 Å². The Balaban J connectivity index is -0.000000207. The molecule has 0 aliphatic rings. The Morgan fingerprint density at radius 1 is 0.941 bits per heavy atom. The van der Waals surface area contributed by atoms with Crippen LogP contribution in [0.25, 0.3) is 0 Å². The second-order valence-corrected chi connectivity index (χ2v) is 10.3. The second kappa shape index (κ2) is 14.8. The van der Waals surface area contributed by atoms with Gasteiger partial charge in [-0.15, -0.1) is 0 Å². The van der Waals surface area contributed by atoms with Crippen molar-refractivity contribution in [3.05, 3.63) is 43.3 Å². The fraction of sp³-hybridized carbons (Fsp3) is 0.500. The zero-order chi connectivity index (χ0) is 11.7. The van der Waals surface area contributed by atoms with Crippen molar-refractivity contribution in [2.24, 2.45) is 0 Å². The van der Waals surface area contributed by atoms with Crippen LogP contribution in [0.4, 0.5) is 0 Å². The van der Waals surface area contributed by atoms with Crippen LogP contribution in [0.3, 0.4) is 0 Å². The van der Waals surface area contributed by atoms with Crippen LogP contribution in [0.2, 0.25) is 0 Å². The summed E-state index contributed by atoms with van der Waals surface area (Å²) in [7, 11) is 0.191. The molecule has 0 nitrogen and oxygen atoms in total. The van der Waals surface area contributed by atoms with Gasteiger partial charge in [0.25, 0.3) is 0 Å². The molecule has 0 aliphatic carbocycles. The average molecular weight is 365 g/mol. The maximum absolute atomic E-state index is 2.93. The molecule has 0 unspecified atom stereocenters. The maximum atomic E-state index is 2.93. The van der Waals surface area contributed by atoms with Crippen LogP contribution in [0.5, 0.6) is 0 Å². The molecule has 0 aliphatic heterocycles. The smallest absolute Gasteiger partial charge is 0.358 e. The Morgan fingerprint density at radius 3 is 1.47 bits per heavy atom. The summed E-state index contributed by atoms with van der Waals surface area (Å²) in [6, 6.07) is 10.8. The van der Waals surface area contributed by atoms with Gasteiger partial charge < -0.3 is 7.43 Å². The van der Waals surface area contributed by atoms with Crippen molar-refractivity contribution in [3.8, 4) is 0 Å². The predicted octanol–water partition coefficient (Wildman–Crippen LogP) is 4.18. The van der Waals surface area contributed by atoms with Gasteiger partial charge in [0.05, 0.1) is 12.3 Å². The molecule has 0 fully saturated rings. The SMILES string of the molecule is C[PH+](C)CC[PH+](C)C.Cc1cc[c-]cc1.[CH3-].[Pd+2]. The first-order valence-corrected chi connectivity index (χ1v) is 10.9. The van der Waals surface area contributed by atoms with Crippen molar-refractivity contribution < 1.29 is 20.4 Å². The standard InChI is InChI=1S/C7H7.C6H16P2.CH3.Pd/c1-7-5-3-2-4-6-7;1-7(2)5-6-8(3)4;;/h3-6H,1H3;5-6H2,1-4H3;1H3;/q-1;;-1;+2/p+2. The minimum Gasteiger partial charge on any atom is -0.358 e. The van der Waals surface area contributed by atoms with E-state index in [0.717, 1.165) is 0 Å². The minimum absolute atomic E-state index is 0. The van der Waals surface area contributed by atoms with Crippen molar-refractivity contribution >= 4 is 15.8 Å². The third kappa shape index (κ3) is 19.3. The summed E-state index contributed by atoms with van der Waals surface area (Å²) >= 11 is 0. The van der Waals surface area contributed by atoms with Crippen LogP contribution in [0.15, 0.2) is 24.3 Å². The van der Waals surface area contributed by atoms with E-state index in [9.17, 15) is 0 Å². The first-order chi connectivity index (χ1) is 7.02. The summed E-state index contributed by atoms with van der Waals surface area (Å²) in [6.07, 6.45) is 3.07. The molecule has 0 amide bonds. The summed E-state index contributed by atoms with van der Waals surface area (Å²) in [6.45, 7) is 11.7. The van der Waals surface area contributed by atoms with E-state index in [1.807, 2.05) is 24.3 Å². The molecule has 0 atom stereocenters. The minimum atomic E-state index is 0. The van der Waals surface area contributed by atoms with Gasteiger partial charge in [-0.1, -0.05) is 6.92 Å². The summed E-state index contributed by atoms with van der Waals surface area (Å²) < 4.78 is 0. The topological polar surface area (TPSA) is 0 Å². The van der Waals surface area contributed by atoms with Gasteiger partial charge in [0, 0.05) is 26.7 Å². The molecule has 17 heavy (non-hydrogen) atoms. The van der Waals surface area contributed by atoms with Crippen molar-refractivity contribution in [1.29, 1.82) is 0 Å². The van der Waals surface area contributed by atoms with Gasteiger partial charge in [-0.3, -0.25) is 0 Å². The van der Waals surface area contributed by atoms with E-state index in [4.69, 9.17) is 0 Å². The van der Waals surface area contributed by atoms with Crippen molar-refractivity contribution in [3.63, 3.8) is 0 Å². The monoisotopic (exact) mass is 364 g/mol. The first kappa shape index (κ1) is 22.9. The fourth-order valence-corrected chi connectivity index (χ4v) is 4.97. The fourth-order valence-electron chi connectivity index (χ4n) is 0.970. The number of aryl methyl sites for hydroxylation is 1. The second-order valence-electron chi connectivity index (χ2n) is 4.49. The summed E-state index contributed by atoms with van der Waals surface area (Å²) in [4.78, 5) is 0. The molecule has 0 spiro atoms. The third-order valence-corrected chi connectivity index (χ3v) is 5.01. The maximum Gasteiger partial charge on any atom is 2.00 e. The van der Waals surface area contributed by atoms with Gasteiger partial charge in [0.1, 0.15) is 0 Å². The zero-order valence-corrected chi connectivity index (χ0v) is 15.6. The predicted molar refractivity (Wildman–Crippen MR) is 86.5 cm³/mol. The molecule has 1 rings (SSSR count). The quantitative estimate of drug-likeness (QED) is 0.429. The largest absolute Gasteiger partial charge is 2.00 e. The average Bonchev–Trinajstić information content (AvgIpc) is 2.17. The number of rotatable bonds is 3. The molecule has 0 radical (unpaired) electrons. The molecule has 0 saturated heterocycles. The molecule has 102 valence electrons. The molecule has 0 bridgehead atoms. The molecule has 0 aromatic heterocycles. The number of hydrogen-bond acceptors (Lipinski definition) is 0. The van der Waals surface area contributed by atoms with E-state index in [1.165, 1.54) is 17.9 Å². The van der Waals surface area contributed by atoms with Crippen LogP contribution >= 0.6 is 15.8 Å². The molecule has 1 aromatic carbocycles. The third-order valence-electron chi connectivity index (χ3n) is 2.01. The molecular weight excluding hydrogens is 337 g/mol. The van der Waals surface area contributed by atoms with Crippen molar-refractivity contribution in [1.82, 2.24) is 0 Å². The normalized spacial score (nSPS) is 8.88. The van der Waals surface area contributed by atoms with Gasteiger partial charge in [0.2, 0.25) is 0 Å². The van der Waals surface area contributed by atoms with Crippen LogP contribution in [0.1, 0.15) is 5.56 Å². The van der Waals surface area contributed by atoms with Gasteiger partial charge in [0.15, 0.2) is 0 Å².